The third-order valence-corrected chi connectivity index (χ3v) is 6.68. The fourth-order valence-electron chi connectivity index (χ4n) is 4.02. The van der Waals surface area contributed by atoms with E-state index in [1.54, 1.807) is 12.1 Å². The summed E-state index contributed by atoms with van der Waals surface area (Å²) in [5, 5.41) is 4.04. The molecule has 2 aromatic carbocycles. The minimum absolute atomic E-state index is 0.0184. The quantitative estimate of drug-likeness (QED) is 0.393. The molecule has 168 valence electrons. The smallest absolute Gasteiger partial charge is 0.315 e. The van der Waals surface area contributed by atoms with Crippen LogP contribution in [0, 0.1) is 17.3 Å². The molecule has 0 fully saturated rings. The van der Waals surface area contributed by atoms with Gasteiger partial charge in [-0.25, -0.2) is 0 Å². The van der Waals surface area contributed by atoms with Crippen LogP contribution in [0.25, 0.3) is 0 Å². The van der Waals surface area contributed by atoms with Crippen molar-refractivity contribution in [3.05, 3.63) is 71.6 Å². The number of aryl methyl sites for hydroxylation is 1. The highest BCUT2D eigenvalue weighted by Gasteiger charge is 2.24. The Bertz CT molecular complexity index is 1040. The second-order valence-electron chi connectivity index (χ2n) is 10.5. The summed E-state index contributed by atoms with van der Waals surface area (Å²) in [6, 6.07) is 15.0. The summed E-state index contributed by atoms with van der Waals surface area (Å²) in [5.74, 6) is 0.198. The summed E-state index contributed by atoms with van der Waals surface area (Å²) < 4.78 is 30.6. The SMILES string of the molecule is CC(C)(C)[CH-]C(c1ccc(S(=O)(=O)O/N=C2/CCCc3ccccc32)cc1)C(C)(C)C. The molecule has 3 rings (SSSR count). The van der Waals surface area contributed by atoms with Crippen LogP contribution in [0.15, 0.2) is 58.6 Å². The maximum absolute atomic E-state index is 12.8. The molecule has 0 N–H and O–H groups in total. The molecule has 0 amide bonds. The third kappa shape index (κ3) is 5.97. The van der Waals surface area contributed by atoms with Crippen molar-refractivity contribution in [1.29, 1.82) is 0 Å². The molecule has 1 unspecified atom stereocenters. The Balaban J connectivity index is 1.82. The van der Waals surface area contributed by atoms with E-state index < -0.39 is 10.1 Å². The van der Waals surface area contributed by atoms with Crippen molar-refractivity contribution in [2.75, 3.05) is 0 Å². The molecule has 5 heteroatoms. The van der Waals surface area contributed by atoms with Crippen molar-refractivity contribution >= 4 is 15.8 Å². The van der Waals surface area contributed by atoms with Gasteiger partial charge in [0.2, 0.25) is 0 Å². The van der Waals surface area contributed by atoms with E-state index in [1.165, 1.54) is 5.56 Å². The molecule has 0 bridgehead atoms. The van der Waals surface area contributed by atoms with Crippen LogP contribution in [0.2, 0.25) is 0 Å². The summed E-state index contributed by atoms with van der Waals surface area (Å²) in [5.41, 5.74) is 4.01. The van der Waals surface area contributed by atoms with Gasteiger partial charge in [0.25, 0.3) is 0 Å². The minimum Gasteiger partial charge on any atom is -0.315 e. The first kappa shape index (κ1) is 23.5. The molecule has 0 radical (unpaired) electrons. The zero-order chi connectivity index (χ0) is 22.9. The molecule has 0 saturated heterocycles. The summed E-state index contributed by atoms with van der Waals surface area (Å²) >= 11 is 0. The van der Waals surface area contributed by atoms with E-state index >= 15 is 0 Å². The molecule has 0 saturated carbocycles. The first-order valence-corrected chi connectivity index (χ1v) is 12.3. The van der Waals surface area contributed by atoms with Gasteiger partial charge in [0, 0.05) is 5.56 Å². The molecule has 0 aromatic heterocycles. The number of benzene rings is 2. The fraction of sp³-hybridized carbons (Fsp3) is 0.462. The molecular formula is C26H34NO3S-. The van der Waals surface area contributed by atoms with Gasteiger partial charge in [0.15, 0.2) is 0 Å². The molecule has 0 heterocycles. The Kier molecular flexibility index (Phi) is 6.66. The van der Waals surface area contributed by atoms with Crippen molar-refractivity contribution in [1.82, 2.24) is 0 Å². The Hall–Kier alpha value is -2.14. The van der Waals surface area contributed by atoms with Crippen LogP contribution in [0.5, 0.6) is 0 Å². The van der Waals surface area contributed by atoms with Gasteiger partial charge in [-0.05, 0) is 37.0 Å². The summed E-state index contributed by atoms with van der Waals surface area (Å²) in [4.78, 5) is 0.119. The zero-order valence-corrected chi connectivity index (χ0v) is 20.3. The zero-order valence-electron chi connectivity index (χ0n) is 19.5. The van der Waals surface area contributed by atoms with Gasteiger partial charge < -0.3 is 6.42 Å². The van der Waals surface area contributed by atoms with Gasteiger partial charge in [-0.2, -0.15) is 13.8 Å². The highest BCUT2D eigenvalue weighted by Crippen LogP contribution is 2.42. The van der Waals surface area contributed by atoms with E-state index in [2.05, 4.69) is 59.2 Å². The van der Waals surface area contributed by atoms with Crippen LogP contribution < -0.4 is 0 Å². The number of fused-ring (bicyclic) bond motifs is 1. The van der Waals surface area contributed by atoms with Gasteiger partial charge in [0.1, 0.15) is 4.90 Å². The first-order valence-electron chi connectivity index (χ1n) is 10.9. The highest BCUT2D eigenvalue weighted by molar-refractivity contribution is 7.86. The molecule has 2 aromatic rings. The maximum atomic E-state index is 12.8. The second-order valence-corrected chi connectivity index (χ2v) is 12.1. The van der Waals surface area contributed by atoms with Crippen molar-refractivity contribution in [2.24, 2.45) is 16.0 Å². The summed E-state index contributed by atoms with van der Waals surface area (Å²) in [7, 11) is -3.97. The molecule has 0 aliphatic heterocycles. The predicted molar refractivity (Wildman–Crippen MR) is 127 cm³/mol. The fourth-order valence-corrected chi connectivity index (χ4v) is 4.76. The van der Waals surface area contributed by atoms with E-state index in [1.807, 2.05) is 30.3 Å². The van der Waals surface area contributed by atoms with E-state index in [0.29, 0.717) is 12.1 Å². The normalized spacial score (nSPS) is 17.3. The Morgan fingerprint density at radius 1 is 0.935 bits per heavy atom. The van der Waals surface area contributed by atoms with Crippen molar-refractivity contribution in [3.8, 4) is 0 Å². The lowest BCUT2D eigenvalue weighted by molar-refractivity contribution is 0.303. The topological polar surface area (TPSA) is 55.7 Å². The largest absolute Gasteiger partial charge is 0.358 e. The van der Waals surface area contributed by atoms with E-state index in [9.17, 15) is 8.42 Å². The van der Waals surface area contributed by atoms with Crippen LogP contribution in [-0.4, -0.2) is 14.1 Å². The Morgan fingerprint density at radius 3 is 2.19 bits per heavy atom. The van der Waals surface area contributed by atoms with Gasteiger partial charge in [-0.15, -0.1) is 5.92 Å². The first-order chi connectivity index (χ1) is 14.4. The standard InChI is InChI=1S/C26H34NO3S/c1-25(2,3)18-23(26(4,5)6)20-14-16-21(17-15-20)31(28,29)30-27-24-13-9-11-19-10-7-8-12-22(19)24/h7-8,10,12,14-18,23H,9,11,13H2,1-6H3/q-1/b27-24-. The van der Waals surface area contributed by atoms with Crippen molar-refractivity contribution < 1.29 is 12.7 Å². The third-order valence-electron chi connectivity index (χ3n) is 5.56. The number of hydrogen-bond donors (Lipinski definition) is 0. The average molecular weight is 441 g/mol. The monoisotopic (exact) mass is 440 g/mol. The van der Waals surface area contributed by atoms with E-state index in [4.69, 9.17) is 4.28 Å². The van der Waals surface area contributed by atoms with Gasteiger partial charge in [-0.3, -0.25) is 4.28 Å². The Labute approximate surface area is 187 Å². The summed E-state index contributed by atoms with van der Waals surface area (Å²) in [6.45, 7) is 13.1. The van der Waals surface area contributed by atoms with Gasteiger partial charge in [-0.1, -0.05) is 94.1 Å². The molecular weight excluding hydrogens is 406 g/mol. The van der Waals surface area contributed by atoms with Crippen LogP contribution in [0.3, 0.4) is 0 Å². The molecule has 1 aliphatic carbocycles. The van der Waals surface area contributed by atoms with Crippen LogP contribution in [0.4, 0.5) is 0 Å². The predicted octanol–water partition coefficient (Wildman–Crippen LogP) is 6.51. The number of rotatable bonds is 5. The highest BCUT2D eigenvalue weighted by atomic mass is 32.2. The van der Waals surface area contributed by atoms with Crippen molar-refractivity contribution in [2.45, 2.75) is 71.6 Å². The average Bonchev–Trinajstić information content (AvgIpc) is 2.69. The van der Waals surface area contributed by atoms with E-state index in [-0.39, 0.29) is 21.6 Å². The molecule has 1 aliphatic rings. The lowest BCUT2D eigenvalue weighted by Gasteiger charge is -2.45. The van der Waals surface area contributed by atoms with Crippen LogP contribution in [-0.2, 0) is 20.8 Å². The molecule has 4 nitrogen and oxygen atoms in total. The van der Waals surface area contributed by atoms with Crippen molar-refractivity contribution in [3.63, 3.8) is 0 Å². The minimum atomic E-state index is -3.97. The second kappa shape index (κ2) is 8.78. The maximum Gasteiger partial charge on any atom is 0.358 e. The Morgan fingerprint density at radius 2 is 1.58 bits per heavy atom. The number of hydrogen-bond acceptors (Lipinski definition) is 4. The molecule has 31 heavy (non-hydrogen) atoms. The van der Waals surface area contributed by atoms with Gasteiger partial charge >= 0.3 is 10.1 Å². The number of nitrogens with zero attached hydrogens (tertiary/aromatic N) is 1. The lowest BCUT2D eigenvalue weighted by Crippen LogP contribution is -2.24. The van der Waals surface area contributed by atoms with Crippen LogP contribution in [0.1, 0.15) is 77.0 Å². The van der Waals surface area contributed by atoms with Gasteiger partial charge in [0.05, 0.1) is 5.71 Å². The van der Waals surface area contributed by atoms with E-state index in [0.717, 1.165) is 24.0 Å². The molecule has 1 atom stereocenters. The molecule has 0 spiro atoms. The summed E-state index contributed by atoms with van der Waals surface area (Å²) in [6.07, 6.45) is 4.96. The lowest BCUT2D eigenvalue weighted by atomic mass is 9.69. The van der Waals surface area contributed by atoms with Crippen LogP contribution >= 0.6 is 0 Å². The number of oxime groups is 1.